The summed E-state index contributed by atoms with van der Waals surface area (Å²) in [6.07, 6.45) is 0. The van der Waals surface area contributed by atoms with Gasteiger partial charge in [-0.3, -0.25) is 4.79 Å². The first-order chi connectivity index (χ1) is 12.7. The molecule has 2 rings (SSSR count). The van der Waals surface area contributed by atoms with Crippen LogP contribution in [0.1, 0.15) is 11.1 Å². The summed E-state index contributed by atoms with van der Waals surface area (Å²) in [5.41, 5.74) is 7.32. The molecule has 144 valence electrons. The van der Waals surface area contributed by atoms with Gasteiger partial charge in [-0.05, 0) is 36.8 Å². The number of rotatable bonds is 7. The van der Waals surface area contributed by atoms with Gasteiger partial charge < -0.3 is 16.4 Å². The summed E-state index contributed by atoms with van der Waals surface area (Å²) in [5, 5.41) is 5.10. The topological polar surface area (TPSA) is 122 Å². The Kier molecular flexibility index (Phi) is 6.54. The number of primary amides is 1. The summed E-state index contributed by atoms with van der Waals surface area (Å²) in [4.78, 5) is 23.0. The minimum atomic E-state index is -3.73. The molecule has 2 aromatic rings. The first kappa shape index (κ1) is 20.4. The highest BCUT2D eigenvalue weighted by Crippen LogP contribution is 2.14. The molecule has 0 aliphatic heterocycles. The molecule has 4 N–H and O–H groups in total. The number of hydrogen-bond acceptors (Lipinski definition) is 4. The van der Waals surface area contributed by atoms with Crippen molar-refractivity contribution >= 4 is 27.6 Å². The first-order valence-corrected chi connectivity index (χ1v) is 9.57. The van der Waals surface area contributed by atoms with E-state index in [4.69, 9.17) is 5.73 Å². The highest BCUT2D eigenvalue weighted by atomic mass is 32.2. The van der Waals surface area contributed by atoms with Gasteiger partial charge in [0.2, 0.25) is 15.9 Å². The van der Waals surface area contributed by atoms with E-state index in [0.717, 1.165) is 15.4 Å². The second-order valence-electron chi connectivity index (χ2n) is 6.04. The van der Waals surface area contributed by atoms with Crippen molar-refractivity contribution in [3.63, 3.8) is 0 Å². The maximum atomic E-state index is 12.5. The van der Waals surface area contributed by atoms with Crippen molar-refractivity contribution in [1.29, 1.82) is 0 Å². The fourth-order valence-corrected chi connectivity index (χ4v) is 3.41. The molecule has 9 heteroatoms. The second-order valence-corrected chi connectivity index (χ2v) is 8.08. The Hall–Kier alpha value is -2.91. The molecule has 27 heavy (non-hydrogen) atoms. The maximum absolute atomic E-state index is 12.5. The van der Waals surface area contributed by atoms with Gasteiger partial charge in [-0.25, -0.2) is 13.2 Å². The Balaban J connectivity index is 1.91. The van der Waals surface area contributed by atoms with Crippen molar-refractivity contribution in [2.24, 2.45) is 5.73 Å². The molecule has 0 heterocycles. The van der Waals surface area contributed by atoms with Crippen LogP contribution in [0.4, 0.5) is 10.5 Å². The number of nitrogens with two attached hydrogens (primary N) is 1. The van der Waals surface area contributed by atoms with Gasteiger partial charge in [-0.1, -0.05) is 29.8 Å². The minimum Gasteiger partial charge on any atom is -0.351 e. The number of carbonyl (C=O) groups is 2. The van der Waals surface area contributed by atoms with Gasteiger partial charge >= 0.3 is 6.03 Å². The molecule has 0 bridgehead atoms. The van der Waals surface area contributed by atoms with Gasteiger partial charge in [-0.2, -0.15) is 4.31 Å². The van der Waals surface area contributed by atoms with E-state index in [9.17, 15) is 18.0 Å². The minimum absolute atomic E-state index is 0.140. The number of anilines is 1. The van der Waals surface area contributed by atoms with Crippen molar-refractivity contribution in [2.75, 3.05) is 18.9 Å². The number of carbonyl (C=O) groups excluding carboxylic acids is 2. The van der Waals surface area contributed by atoms with E-state index in [2.05, 4.69) is 10.6 Å². The molecule has 0 saturated heterocycles. The normalized spacial score (nSPS) is 11.2. The van der Waals surface area contributed by atoms with Crippen LogP contribution in [0, 0.1) is 6.92 Å². The van der Waals surface area contributed by atoms with Gasteiger partial charge in [0.25, 0.3) is 0 Å². The molecule has 0 spiro atoms. The molecule has 0 aliphatic carbocycles. The fourth-order valence-electron chi connectivity index (χ4n) is 2.28. The molecule has 0 unspecified atom stereocenters. The third-order valence-corrected chi connectivity index (χ3v) is 5.62. The Morgan fingerprint density at radius 3 is 2.19 bits per heavy atom. The molecule has 8 nitrogen and oxygen atoms in total. The molecule has 0 radical (unpaired) electrons. The number of urea groups is 1. The largest absolute Gasteiger partial charge is 0.351 e. The molecule has 0 aromatic heterocycles. The van der Waals surface area contributed by atoms with Crippen molar-refractivity contribution in [3.8, 4) is 0 Å². The molecule has 3 amide bonds. The Bertz CT molecular complexity index is 909. The lowest BCUT2D eigenvalue weighted by atomic mass is 10.2. The predicted octanol–water partition coefficient (Wildman–Crippen LogP) is 1.42. The van der Waals surface area contributed by atoms with Crippen LogP contribution in [-0.2, 0) is 21.4 Å². The van der Waals surface area contributed by atoms with Crippen LogP contribution < -0.4 is 16.4 Å². The molecular formula is C18H22N4O4S. The summed E-state index contributed by atoms with van der Waals surface area (Å²) in [6.45, 7) is 1.80. The lowest BCUT2D eigenvalue weighted by Gasteiger charge is -2.17. The van der Waals surface area contributed by atoms with Gasteiger partial charge in [0.1, 0.15) is 0 Å². The van der Waals surface area contributed by atoms with E-state index < -0.39 is 22.0 Å². The van der Waals surface area contributed by atoms with Crippen LogP contribution >= 0.6 is 0 Å². The standard InChI is InChI=1S/C18H22N4O4S/c1-13-3-9-16(10-4-13)27(25,26)22(2)12-17(23)20-11-14-5-7-15(8-6-14)21-18(19)24/h3-10H,11-12H2,1-2H3,(H,20,23)(H3,19,21,24). The predicted molar refractivity (Wildman–Crippen MR) is 102 cm³/mol. The van der Waals surface area contributed by atoms with Gasteiger partial charge in [0.05, 0.1) is 11.4 Å². The van der Waals surface area contributed by atoms with Crippen LogP contribution in [0.25, 0.3) is 0 Å². The number of aryl methyl sites for hydroxylation is 1. The third kappa shape index (κ3) is 5.80. The van der Waals surface area contributed by atoms with Gasteiger partial charge in [-0.15, -0.1) is 0 Å². The number of sulfonamides is 1. The molecule has 0 saturated carbocycles. The molecule has 0 fully saturated rings. The smallest absolute Gasteiger partial charge is 0.316 e. The quantitative estimate of drug-likeness (QED) is 0.662. The van der Waals surface area contributed by atoms with E-state index in [1.165, 1.54) is 19.2 Å². The number of hydrogen-bond donors (Lipinski definition) is 3. The first-order valence-electron chi connectivity index (χ1n) is 8.13. The molecule has 2 aromatic carbocycles. The summed E-state index contributed by atoms with van der Waals surface area (Å²) in [7, 11) is -2.37. The highest BCUT2D eigenvalue weighted by molar-refractivity contribution is 7.89. The molecule has 0 aliphatic rings. The zero-order valence-electron chi connectivity index (χ0n) is 15.1. The zero-order chi connectivity index (χ0) is 20.0. The Morgan fingerprint density at radius 2 is 1.63 bits per heavy atom. The van der Waals surface area contributed by atoms with Crippen molar-refractivity contribution < 1.29 is 18.0 Å². The molecule has 0 atom stereocenters. The second kappa shape index (κ2) is 8.65. The lowest BCUT2D eigenvalue weighted by molar-refractivity contribution is -0.121. The lowest BCUT2D eigenvalue weighted by Crippen LogP contribution is -2.38. The van der Waals surface area contributed by atoms with Crippen molar-refractivity contribution in [3.05, 3.63) is 59.7 Å². The number of nitrogens with one attached hydrogen (secondary N) is 2. The Labute approximate surface area is 158 Å². The van der Waals surface area contributed by atoms with Crippen LogP contribution in [0.15, 0.2) is 53.4 Å². The summed E-state index contributed by atoms with van der Waals surface area (Å²) in [5.74, 6) is -0.424. The number of nitrogens with zero attached hydrogens (tertiary/aromatic N) is 1. The van der Waals surface area contributed by atoms with Gasteiger partial charge in [0.15, 0.2) is 0 Å². The molecular weight excluding hydrogens is 368 g/mol. The fraction of sp³-hybridized carbons (Fsp3) is 0.222. The third-order valence-electron chi connectivity index (χ3n) is 3.81. The highest BCUT2D eigenvalue weighted by Gasteiger charge is 2.22. The summed E-state index contributed by atoms with van der Waals surface area (Å²) >= 11 is 0. The maximum Gasteiger partial charge on any atom is 0.316 e. The number of amides is 3. The number of likely N-dealkylation sites (N-methyl/N-ethyl adjacent to an activating group) is 1. The van der Waals surface area contributed by atoms with Crippen molar-refractivity contribution in [1.82, 2.24) is 9.62 Å². The monoisotopic (exact) mass is 390 g/mol. The number of benzene rings is 2. The zero-order valence-corrected chi connectivity index (χ0v) is 15.9. The van der Waals surface area contributed by atoms with E-state index in [1.807, 2.05) is 6.92 Å². The Morgan fingerprint density at radius 1 is 1.04 bits per heavy atom. The van der Waals surface area contributed by atoms with Crippen LogP contribution in [0.3, 0.4) is 0 Å². The van der Waals surface area contributed by atoms with Crippen LogP contribution in [0.5, 0.6) is 0 Å². The van der Waals surface area contributed by atoms with E-state index in [0.29, 0.717) is 5.69 Å². The van der Waals surface area contributed by atoms with E-state index in [1.54, 1.807) is 36.4 Å². The average Bonchev–Trinajstić information content (AvgIpc) is 2.61. The van der Waals surface area contributed by atoms with E-state index >= 15 is 0 Å². The van der Waals surface area contributed by atoms with Crippen molar-refractivity contribution in [2.45, 2.75) is 18.4 Å². The van der Waals surface area contributed by atoms with Crippen LogP contribution in [-0.4, -0.2) is 38.3 Å². The van der Waals surface area contributed by atoms with Crippen LogP contribution in [0.2, 0.25) is 0 Å². The average molecular weight is 390 g/mol. The summed E-state index contributed by atoms with van der Waals surface area (Å²) < 4.78 is 26.0. The van der Waals surface area contributed by atoms with Gasteiger partial charge in [0, 0.05) is 19.3 Å². The van der Waals surface area contributed by atoms with E-state index in [-0.39, 0.29) is 18.0 Å². The SMILES string of the molecule is Cc1ccc(S(=O)(=O)N(C)CC(=O)NCc2ccc(NC(N)=O)cc2)cc1. The summed E-state index contributed by atoms with van der Waals surface area (Å²) in [6, 6.07) is 12.5.